The fraction of sp³-hybridized carbons (Fsp3) is 0.409. The van der Waals surface area contributed by atoms with Crippen molar-refractivity contribution in [2.45, 2.75) is 55.7 Å². The maximum absolute atomic E-state index is 12.8. The molecule has 0 aliphatic heterocycles. The van der Waals surface area contributed by atoms with Gasteiger partial charge in [0.1, 0.15) is 0 Å². The molecule has 1 fully saturated rings. The molecule has 0 radical (unpaired) electrons. The summed E-state index contributed by atoms with van der Waals surface area (Å²) in [4.78, 5) is 13.0. The van der Waals surface area contributed by atoms with Crippen molar-refractivity contribution in [2.75, 3.05) is 0 Å². The number of carbonyl (C=O) groups is 1. The number of rotatable bonds is 7. The van der Waals surface area contributed by atoms with E-state index < -0.39 is 22.2 Å². The van der Waals surface area contributed by atoms with Crippen molar-refractivity contribution < 1.29 is 18.3 Å². The van der Waals surface area contributed by atoms with Crippen molar-refractivity contribution in [1.82, 2.24) is 10.0 Å². The molecule has 30 heavy (non-hydrogen) atoms. The summed E-state index contributed by atoms with van der Waals surface area (Å²) in [5.74, 6) is -0.289. The van der Waals surface area contributed by atoms with Crippen LogP contribution in [0.2, 0.25) is 0 Å². The summed E-state index contributed by atoms with van der Waals surface area (Å²) in [6, 6.07) is 15.3. The zero-order chi connectivity index (χ0) is 21.7. The van der Waals surface area contributed by atoms with Gasteiger partial charge in [-0.3, -0.25) is 4.79 Å². The number of nitrogens with one attached hydrogen (secondary N) is 2. The molecular weight excluding hydrogens is 468 g/mol. The van der Waals surface area contributed by atoms with Crippen molar-refractivity contribution in [3.8, 4) is 0 Å². The summed E-state index contributed by atoms with van der Waals surface area (Å²) in [7, 11) is -3.59. The average Bonchev–Trinajstić information content (AvgIpc) is 2.73. The molecule has 3 N–H and O–H groups in total. The van der Waals surface area contributed by atoms with Crippen LogP contribution in [0.15, 0.2) is 64.0 Å². The Bertz CT molecular complexity index is 941. The van der Waals surface area contributed by atoms with Gasteiger partial charge in [-0.2, -0.15) is 0 Å². The van der Waals surface area contributed by atoms with Crippen molar-refractivity contribution >= 4 is 31.9 Å². The van der Waals surface area contributed by atoms with Crippen LogP contribution in [0.3, 0.4) is 0 Å². The van der Waals surface area contributed by atoms with Gasteiger partial charge >= 0.3 is 0 Å². The Labute approximate surface area is 186 Å². The van der Waals surface area contributed by atoms with Gasteiger partial charge in [0.25, 0.3) is 0 Å². The van der Waals surface area contributed by atoms with Crippen molar-refractivity contribution in [1.29, 1.82) is 0 Å². The minimum atomic E-state index is -3.59. The standard InChI is InChI=1S/C22H27BrN2O4S/c1-15(26)21(16-5-3-2-4-6-16)24-22(27)17-7-11-19(12-8-17)25-30(28,29)20-13-9-18(23)10-14-20/h2-6,9-10,13-15,17,19,21,25-26H,7-8,11-12H2,1H3,(H,24,27)/t15-,17-,19-,21-/m1/s1. The Kier molecular flexibility index (Phi) is 7.68. The lowest BCUT2D eigenvalue weighted by Gasteiger charge is -2.30. The first-order valence-electron chi connectivity index (χ1n) is 10.1. The van der Waals surface area contributed by atoms with E-state index in [0.717, 1.165) is 10.0 Å². The molecule has 0 aromatic heterocycles. The second-order valence-electron chi connectivity index (χ2n) is 7.76. The molecule has 0 bridgehead atoms. The van der Waals surface area contributed by atoms with Gasteiger partial charge in [-0.1, -0.05) is 46.3 Å². The summed E-state index contributed by atoms with van der Waals surface area (Å²) >= 11 is 3.30. The topological polar surface area (TPSA) is 95.5 Å². The van der Waals surface area contributed by atoms with E-state index in [-0.39, 0.29) is 22.8 Å². The van der Waals surface area contributed by atoms with Gasteiger partial charge < -0.3 is 10.4 Å². The fourth-order valence-electron chi connectivity index (χ4n) is 3.79. The second-order valence-corrected chi connectivity index (χ2v) is 10.4. The Morgan fingerprint density at radius 1 is 1.03 bits per heavy atom. The van der Waals surface area contributed by atoms with Crippen molar-refractivity contribution in [2.24, 2.45) is 5.92 Å². The van der Waals surface area contributed by atoms with E-state index in [4.69, 9.17) is 0 Å². The predicted molar refractivity (Wildman–Crippen MR) is 119 cm³/mol. The third kappa shape index (κ3) is 5.91. The molecule has 2 aromatic carbocycles. The van der Waals surface area contributed by atoms with Crippen LogP contribution in [0.25, 0.3) is 0 Å². The van der Waals surface area contributed by atoms with Gasteiger partial charge in [-0.05, 0) is 62.4 Å². The Morgan fingerprint density at radius 2 is 1.63 bits per heavy atom. The number of hydrogen-bond donors (Lipinski definition) is 3. The Balaban J connectivity index is 1.55. The number of aliphatic hydroxyl groups is 1. The van der Waals surface area contributed by atoms with E-state index in [9.17, 15) is 18.3 Å². The largest absolute Gasteiger partial charge is 0.391 e. The quantitative estimate of drug-likeness (QED) is 0.548. The first kappa shape index (κ1) is 22.9. The Morgan fingerprint density at radius 3 is 2.20 bits per heavy atom. The zero-order valence-corrected chi connectivity index (χ0v) is 19.2. The van der Waals surface area contributed by atoms with Crippen LogP contribution in [0, 0.1) is 5.92 Å². The van der Waals surface area contributed by atoms with E-state index in [2.05, 4.69) is 26.0 Å². The van der Waals surface area contributed by atoms with Crippen molar-refractivity contribution in [3.05, 3.63) is 64.6 Å². The highest BCUT2D eigenvalue weighted by molar-refractivity contribution is 9.10. The molecule has 0 spiro atoms. The highest BCUT2D eigenvalue weighted by Gasteiger charge is 2.31. The van der Waals surface area contributed by atoms with E-state index >= 15 is 0 Å². The summed E-state index contributed by atoms with van der Waals surface area (Å²) < 4.78 is 28.7. The predicted octanol–water partition coefficient (Wildman–Crippen LogP) is 3.52. The van der Waals surface area contributed by atoms with E-state index in [1.165, 1.54) is 0 Å². The number of benzene rings is 2. The summed E-state index contributed by atoms with van der Waals surface area (Å²) in [5, 5.41) is 13.1. The van der Waals surface area contributed by atoms with Gasteiger partial charge in [-0.25, -0.2) is 13.1 Å². The molecule has 2 aromatic rings. The second kappa shape index (κ2) is 10.0. The SMILES string of the molecule is C[C@@H](O)[C@@H](NC(=O)[C@H]1CC[C@H](NS(=O)(=O)c2ccc(Br)cc2)CC1)c1ccccc1. The number of hydrogen-bond acceptors (Lipinski definition) is 4. The first-order valence-corrected chi connectivity index (χ1v) is 12.3. The van der Waals surface area contributed by atoms with E-state index in [1.807, 2.05) is 30.3 Å². The van der Waals surface area contributed by atoms with Crippen LogP contribution >= 0.6 is 15.9 Å². The molecule has 0 heterocycles. The lowest BCUT2D eigenvalue weighted by Crippen LogP contribution is -2.43. The smallest absolute Gasteiger partial charge is 0.240 e. The third-order valence-electron chi connectivity index (χ3n) is 5.48. The van der Waals surface area contributed by atoms with Crippen molar-refractivity contribution in [3.63, 3.8) is 0 Å². The van der Waals surface area contributed by atoms with Crippen LogP contribution in [0.4, 0.5) is 0 Å². The van der Waals surface area contributed by atoms with Gasteiger partial charge in [0.05, 0.1) is 17.0 Å². The highest BCUT2D eigenvalue weighted by atomic mass is 79.9. The molecule has 1 aliphatic carbocycles. The van der Waals surface area contributed by atoms with Crippen LogP contribution in [0.1, 0.15) is 44.2 Å². The monoisotopic (exact) mass is 494 g/mol. The molecule has 0 unspecified atom stereocenters. The van der Waals surface area contributed by atoms with Gasteiger partial charge in [0.2, 0.25) is 15.9 Å². The third-order valence-corrected chi connectivity index (χ3v) is 7.55. The average molecular weight is 495 g/mol. The Hall–Kier alpha value is -1.74. The molecule has 162 valence electrons. The minimum absolute atomic E-state index is 0.0982. The summed E-state index contributed by atoms with van der Waals surface area (Å²) in [6.45, 7) is 1.66. The summed E-state index contributed by atoms with van der Waals surface area (Å²) in [5.41, 5.74) is 0.858. The number of amides is 1. The lowest BCUT2D eigenvalue weighted by molar-refractivity contribution is -0.127. The van der Waals surface area contributed by atoms with Gasteiger partial charge in [0.15, 0.2) is 0 Å². The number of carbonyl (C=O) groups excluding carboxylic acids is 1. The number of halogens is 1. The maximum atomic E-state index is 12.8. The number of sulfonamides is 1. The van der Waals surface area contributed by atoms with E-state index in [0.29, 0.717) is 25.7 Å². The van der Waals surface area contributed by atoms with Crippen LogP contribution < -0.4 is 10.0 Å². The fourth-order valence-corrected chi connectivity index (χ4v) is 5.36. The number of aliphatic hydroxyl groups excluding tert-OH is 1. The zero-order valence-electron chi connectivity index (χ0n) is 16.8. The first-order chi connectivity index (χ1) is 14.3. The maximum Gasteiger partial charge on any atom is 0.240 e. The molecule has 2 atom stereocenters. The lowest BCUT2D eigenvalue weighted by atomic mass is 9.85. The van der Waals surface area contributed by atoms with Gasteiger partial charge in [0, 0.05) is 16.4 Å². The molecule has 1 saturated carbocycles. The minimum Gasteiger partial charge on any atom is -0.391 e. The molecule has 8 heteroatoms. The molecule has 0 saturated heterocycles. The van der Waals surface area contributed by atoms with Crippen LogP contribution in [-0.4, -0.2) is 31.6 Å². The molecule has 3 rings (SSSR count). The van der Waals surface area contributed by atoms with E-state index in [1.54, 1.807) is 31.2 Å². The molecule has 6 nitrogen and oxygen atoms in total. The normalized spacial score (nSPS) is 21.6. The molecular formula is C22H27BrN2O4S. The molecule has 1 amide bonds. The van der Waals surface area contributed by atoms with Crippen LogP contribution in [-0.2, 0) is 14.8 Å². The summed E-state index contributed by atoms with van der Waals surface area (Å²) in [6.07, 6.45) is 1.67. The van der Waals surface area contributed by atoms with Gasteiger partial charge in [-0.15, -0.1) is 0 Å². The van der Waals surface area contributed by atoms with Crippen LogP contribution in [0.5, 0.6) is 0 Å². The highest BCUT2D eigenvalue weighted by Crippen LogP contribution is 2.27. The molecule has 1 aliphatic rings.